The lowest BCUT2D eigenvalue weighted by atomic mass is 10.2. The van der Waals surface area contributed by atoms with Crippen molar-refractivity contribution in [3.05, 3.63) is 33.9 Å². The molecule has 0 amide bonds. The number of nitro benzene ring substituents is 1. The summed E-state index contributed by atoms with van der Waals surface area (Å²) in [7, 11) is 0. The lowest BCUT2D eigenvalue weighted by molar-refractivity contribution is -0.385. The fourth-order valence-electron chi connectivity index (χ4n) is 1.60. The van der Waals surface area contributed by atoms with Crippen LogP contribution in [0.4, 0.5) is 20.2 Å². The maximum atomic E-state index is 13.5. The summed E-state index contributed by atoms with van der Waals surface area (Å²) < 4.78 is 27.0. The summed E-state index contributed by atoms with van der Waals surface area (Å²) >= 11 is 1.76. The van der Waals surface area contributed by atoms with E-state index in [4.69, 9.17) is 0 Å². The number of nitrogens with one attached hydrogen (secondary N) is 1. The fourth-order valence-corrected chi connectivity index (χ4v) is 2.09. The van der Waals surface area contributed by atoms with Crippen LogP contribution in [0.15, 0.2) is 12.1 Å². The molecule has 0 radical (unpaired) electrons. The molecule has 4 nitrogen and oxygen atoms in total. The Balaban J connectivity index is 2.52. The Bertz CT molecular complexity index is 421. The van der Waals surface area contributed by atoms with Crippen molar-refractivity contribution in [2.75, 3.05) is 23.9 Å². The first-order chi connectivity index (χ1) is 9.06. The van der Waals surface area contributed by atoms with Gasteiger partial charge in [0.15, 0.2) is 11.6 Å². The lowest BCUT2D eigenvalue weighted by Gasteiger charge is -2.08. The molecule has 19 heavy (non-hydrogen) atoms. The highest BCUT2D eigenvalue weighted by atomic mass is 32.2. The van der Waals surface area contributed by atoms with Gasteiger partial charge in [0.05, 0.1) is 17.1 Å². The predicted molar refractivity (Wildman–Crippen MR) is 73.7 cm³/mol. The van der Waals surface area contributed by atoms with Gasteiger partial charge in [0.2, 0.25) is 0 Å². The van der Waals surface area contributed by atoms with E-state index in [0.717, 1.165) is 37.1 Å². The maximum Gasteiger partial charge on any atom is 0.275 e. The predicted octanol–water partition coefficient (Wildman–Crippen LogP) is 3.82. The molecule has 106 valence electrons. The third-order valence-corrected chi connectivity index (χ3v) is 3.26. The molecule has 1 aromatic rings. The average molecular weight is 290 g/mol. The molecule has 0 bridgehead atoms. The highest BCUT2D eigenvalue weighted by Crippen LogP contribution is 2.24. The highest BCUT2D eigenvalue weighted by molar-refractivity contribution is 7.98. The van der Waals surface area contributed by atoms with Gasteiger partial charge in [-0.1, -0.05) is 6.42 Å². The van der Waals surface area contributed by atoms with Crippen LogP contribution in [0.25, 0.3) is 0 Å². The second-order valence-electron chi connectivity index (χ2n) is 4.02. The number of nitro groups is 1. The van der Waals surface area contributed by atoms with Crippen molar-refractivity contribution in [2.45, 2.75) is 19.3 Å². The molecular weight excluding hydrogens is 274 g/mol. The van der Waals surface area contributed by atoms with Gasteiger partial charge in [0, 0.05) is 6.54 Å². The number of non-ortho nitro benzene ring substituents is 1. The van der Waals surface area contributed by atoms with Gasteiger partial charge in [-0.15, -0.1) is 0 Å². The van der Waals surface area contributed by atoms with E-state index in [1.54, 1.807) is 11.8 Å². The van der Waals surface area contributed by atoms with Crippen molar-refractivity contribution in [2.24, 2.45) is 0 Å². The Kier molecular flexibility index (Phi) is 6.55. The van der Waals surface area contributed by atoms with Crippen LogP contribution in [-0.2, 0) is 0 Å². The minimum atomic E-state index is -0.934. The third-order valence-electron chi connectivity index (χ3n) is 2.56. The first-order valence-electron chi connectivity index (χ1n) is 5.92. The minimum Gasteiger partial charge on any atom is -0.380 e. The smallest absolute Gasteiger partial charge is 0.275 e. The first-order valence-corrected chi connectivity index (χ1v) is 7.32. The number of thioether (sulfide) groups is 1. The maximum absolute atomic E-state index is 13.5. The van der Waals surface area contributed by atoms with E-state index in [9.17, 15) is 18.9 Å². The minimum absolute atomic E-state index is 0.296. The number of unbranched alkanes of at least 4 members (excludes halogenated alkanes) is 2. The van der Waals surface area contributed by atoms with Crippen LogP contribution in [0, 0.1) is 21.7 Å². The van der Waals surface area contributed by atoms with Crippen LogP contribution in [0.1, 0.15) is 19.3 Å². The summed E-state index contributed by atoms with van der Waals surface area (Å²) in [6, 6.07) is 1.44. The zero-order valence-corrected chi connectivity index (χ0v) is 11.4. The largest absolute Gasteiger partial charge is 0.380 e. The van der Waals surface area contributed by atoms with E-state index in [1.165, 1.54) is 0 Å². The van der Waals surface area contributed by atoms with Crippen LogP contribution >= 0.6 is 11.8 Å². The second kappa shape index (κ2) is 7.93. The van der Waals surface area contributed by atoms with Gasteiger partial charge in [-0.3, -0.25) is 10.1 Å². The van der Waals surface area contributed by atoms with Crippen LogP contribution in [0.3, 0.4) is 0 Å². The van der Waals surface area contributed by atoms with E-state index in [1.807, 2.05) is 6.26 Å². The van der Waals surface area contributed by atoms with Gasteiger partial charge in [0.1, 0.15) is 5.69 Å². The van der Waals surface area contributed by atoms with E-state index >= 15 is 0 Å². The number of hydrogen-bond donors (Lipinski definition) is 1. The molecule has 0 saturated heterocycles. The Hall–Kier alpha value is -1.37. The van der Waals surface area contributed by atoms with E-state index in [2.05, 4.69) is 5.32 Å². The number of rotatable bonds is 8. The number of benzene rings is 1. The molecule has 0 unspecified atom stereocenters. The van der Waals surface area contributed by atoms with Gasteiger partial charge in [-0.25, -0.2) is 8.78 Å². The van der Waals surface area contributed by atoms with Crippen molar-refractivity contribution in [1.82, 2.24) is 0 Å². The van der Waals surface area contributed by atoms with E-state index in [0.29, 0.717) is 6.54 Å². The van der Waals surface area contributed by atoms with E-state index < -0.39 is 22.2 Å². The molecule has 1 N–H and O–H groups in total. The van der Waals surface area contributed by atoms with Gasteiger partial charge in [-0.2, -0.15) is 11.8 Å². The molecule has 1 aromatic carbocycles. The monoisotopic (exact) mass is 290 g/mol. The molecule has 0 aliphatic rings. The normalized spacial score (nSPS) is 10.5. The van der Waals surface area contributed by atoms with Crippen molar-refractivity contribution in [3.8, 4) is 0 Å². The lowest BCUT2D eigenvalue weighted by Crippen LogP contribution is -2.06. The molecule has 0 fully saturated rings. The summed E-state index contributed by atoms with van der Waals surface area (Å²) in [6.07, 6.45) is 4.87. The molecule has 0 saturated carbocycles. The Morgan fingerprint density at radius 1 is 1.26 bits per heavy atom. The van der Waals surface area contributed by atoms with Crippen LogP contribution in [0.2, 0.25) is 0 Å². The summed E-state index contributed by atoms with van der Waals surface area (Å²) in [6.45, 7) is 0.444. The molecule has 0 atom stereocenters. The molecular formula is C12H16F2N2O2S. The number of halogens is 2. The van der Waals surface area contributed by atoms with Crippen molar-refractivity contribution >= 4 is 23.1 Å². The average Bonchev–Trinajstić information content (AvgIpc) is 2.35. The van der Waals surface area contributed by atoms with Gasteiger partial charge in [-0.05, 0) is 24.9 Å². The Labute approximate surface area is 114 Å². The molecule has 0 spiro atoms. The molecule has 0 aromatic heterocycles. The fraction of sp³-hybridized carbons (Fsp3) is 0.500. The summed E-state index contributed by atoms with van der Waals surface area (Å²) in [5, 5.41) is 13.1. The number of anilines is 1. The third kappa shape index (κ3) is 5.02. The SMILES string of the molecule is CSCCCCCNc1c(F)cc([N+](=O)[O-])cc1F. The van der Waals surface area contributed by atoms with Crippen LogP contribution in [-0.4, -0.2) is 23.5 Å². The molecule has 7 heteroatoms. The zero-order chi connectivity index (χ0) is 14.3. The molecule has 0 heterocycles. The molecule has 0 aliphatic heterocycles. The Morgan fingerprint density at radius 3 is 2.42 bits per heavy atom. The topological polar surface area (TPSA) is 55.2 Å². The van der Waals surface area contributed by atoms with Crippen molar-refractivity contribution in [3.63, 3.8) is 0 Å². The van der Waals surface area contributed by atoms with Crippen molar-refractivity contribution in [1.29, 1.82) is 0 Å². The number of nitrogens with zero attached hydrogens (tertiary/aromatic N) is 1. The summed E-state index contributed by atoms with van der Waals surface area (Å²) in [4.78, 5) is 9.61. The van der Waals surface area contributed by atoms with Gasteiger partial charge in [0.25, 0.3) is 5.69 Å². The van der Waals surface area contributed by atoms with Crippen LogP contribution in [0.5, 0.6) is 0 Å². The quantitative estimate of drug-likeness (QED) is 0.449. The highest BCUT2D eigenvalue weighted by Gasteiger charge is 2.16. The van der Waals surface area contributed by atoms with Gasteiger partial charge >= 0.3 is 0 Å². The van der Waals surface area contributed by atoms with E-state index in [-0.39, 0.29) is 5.69 Å². The van der Waals surface area contributed by atoms with Gasteiger partial charge < -0.3 is 5.32 Å². The zero-order valence-electron chi connectivity index (χ0n) is 10.6. The van der Waals surface area contributed by atoms with Crippen LogP contribution < -0.4 is 5.32 Å². The summed E-state index contributed by atoms with van der Waals surface area (Å²) in [5.74, 6) is -0.799. The second-order valence-corrected chi connectivity index (χ2v) is 5.01. The molecule has 0 aliphatic carbocycles. The standard InChI is InChI=1S/C12H16F2N2O2S/c1-19-6-4-2-3-5-15-12-10(13)7-9(16(17)18)8-11(12)14/h7-8,15H,2-6H2,1H3. The number of hydrogen-bond acceptors (Lipinski definition) is 4. The Morgan fingerprint density at radius 2 is 1.89 bits per heavy atom. The van der Waals surface area contributed by atoms with Crippen molar-refractivity contribution < 1.29 is 13.7 Å². The first kappa shape index (κ1) is 15.7. The molecule has 1 rings (SSSR count). The summed E-state index contributed by atoms with van der Waals surface area (Å²) in [5.41, 5.74) is -0.879.